The van der Waals surface area contributed by atoms with E-state index in [1.165, 1.54) is 37.1 Å². The van der Waals surface area contributed by atoms with Gasteiger partial charge in [-0.2, -0.15) is 5.10 Å². The van der Waals surface area contributed by atoms with E-state index >= 15 is 0 Å². The summed E-state index contributed by atoms with van der Waals surface area (Å²) in [5, 5.41) is 15.7. The van der Waals surface area contributed by atoms with E-state index in [4.69, 9.17) is 0 Å². The lowest BCUT2D eigenvalue weighted by Gasteiger charge is -2.15. The Balaban J connectivity index is 1.31. The van der Waals surface area contributed by atoms with Crippen LogP contribution in [0.3, 0.4) is 0 Å². The molecule has 2 aromatic heterocycles. The summed E-state index contributed by atoms with van der Waals surface area (Å²) in [6.07, 6.45) is 2.34. The first-order chi connectivity index (χ1) is 17.0. The third-order valence-corrected chi connectivity index (χ3v) is 5.82. The Morgan fingerprint density at radius 3 is 2.54 bits per heavy atom. The van der Waals surface area contributed by atoms with Gasteiger partial charge in [0.1, 0.15) is 11.5 Å². The van der Waals surface area contributed by atoms with Crippen LogP contribution in [0.25, 0.3) is 11.3 Å². The molecule has 1 amide bonds. The largest absolute Gasteiger partial charge is 0.355 e. The molecule has 1 aliphatic rings. The molecule has 9 heteroatoms. The maximum absolute atomic E-state index is 13.5. The molecule has 4 aromatic rings. The van der Waals surface area contributed by atoms with Gasteiger partial charge in [0.15, 0.2) is 5.82 Å². The van der Waals surface area contributed by atoms with Crippen molar-refractivity contribution in [1.29, 1.82) is 0 Å². The first-order valence-electron chi connectivity index (χ1n) is 11.4. The van der Waals surface area contributed by atoms with Gasteiger partial charge in [0.05, 0.1) is 12.2 Å². The van der Waals surface area contributed by atoms with Gasteiger partial charge in [0.25, 0.3) is 11.5 Å². The molecule has 3 heterocycles. The summed E-state index contributed by atoms with van der Waals surface area (Å²) in [6.45, 7) is 2.05. The van der Waals surface area contributed by atoms with Crippen molar-refractivity contribution in [3.05, 3.63) is 100 Å². The molecular weight excluding hydrogens is 447 g/mol. The van der Waals surface area contributed by atoms with Crippen LogP contribution in [0.2, 0.25) is 0 Å². The van der Waals surface area contributed by atoms with Crippen LogP contribution in [0, 0.1) is 5.82 Å². The van der Waals surface area contributed by atoms with Crippen LogP contribution >= 0.6 is 0 Å². The summed E-state index contributed by atoms with van der Waals surface area (Å²) in [5.41, 5.74) is 2.33. The number of benzene rings is 2. The molecule has 5 rings (SSSR count). The first-order valence-corrected chi connectivity index (χ1v) is 11.4. The summed E-state index contributed by atoms with van der Waals surface area (Å²) in [6, 6.07) is 19.7. The molecule has 1 fully saturated rings. The summed E-state index contributed by atoms with van der Waals surface area (Å²) in [4.78, 5) is 27.3. The van der Waals surface area contributed by atoms with E-state index in [-0.39, 0.29) is 17.8 Å². The molecule has 2 aromatic carbocycles. The number of nitrogens with one attached hydrogen (secondary N) is 1. The SMILES string of the molecule is O=C(Nc1cccc(-c2ccc(N3CCCC3)nn2)c1)c1ccc(=O)n(Cc2cccc(F)c2)n1. The van der Waals surface area contributed by atoms with Gasteiger partial charge < -0.3 is 10.2 Å². The zero-order valence-electron chi connectivity index (χ0n) is 18.9. The lowest BCUT2D eigenvalue weighted by Crippen LogP contribution is -2.26. The van der Waals surface area contributed by atoms with E-state index in [0.717, 1.165) is 29.2 Å². The van der Waals surface area contributed by atoms with Gasteiger partial charge in [-0.25, -0.2) is 9.07 Å². The van der Waals surface area contributed by atoms with Crippen LogP contribution < -0.4 is 15.8 Å². The molecular formula is C26H23FN6O2. The Morgan fingerprint density at radius 2 is 1.77 bits per heavy atom. The number of aromatic nitrogens is 4. The number of nitrogens with zero attached hydrogens (tertiary/aromatic N) is 5. The number of carbonyl (C=O) groups excluding carboxylic acids is 1. The Bertz CT molecular complexity index is 1410. The summed E-state index contributed by atoms with van der Waals surface area (Å²) in [7, 11) is 0. The second-order valence-electron chi connectivity index (χ2n) is 8.35. The highest BCUT2D eigenvalue weighted by molar-refractivity contribution is 6.03. The quantitative estimate of drug-likeness (QED) is 0.462. The van der Waals surface area contributed by atoms with E-state index in [1.807, 2.05) is 24.3 Å². The van der Waals surface area contributed by atoms with Crippen molar-refractivity contribution in [1.82, 2.24) is 20.0 Å². The summed E-state index contributed by atoms with van der Waals surface area (Å²) < 4.78 is 14.6. The van der Waals surface area contributed by atoms with E-state index < -0.39 is 11.7 Å². The number of anilines is 2. The molecule has 0 atom stereocenters. The summed E-state index contributed by atoms with van der Waals surface area (Å²) >= 11 is 0. The fraction of sp³-hybridized carbons (Fsp3) is 0.192. The van der Waals surface area contributed by atoms with Gasteiger partial charge in [-0.3, -0.25) is 9.59 Å². The van der Waals surface area contributed by atoms with Crippen LogP contribution in [-0.4, -0.2) is 39.0 Å². The third kappa shape index (κ3) is 5.24. The standard InChI is InChI=1S/C26H23FN6O2/c27-20-7-3-5-18(15-20)17-33-25(34)12-10-23(31-33)26(35)28-21-8-4-6-19(16-21)22-9-11-24(30-29-22)32-13-1-2-14-32/h3-12,15-16H,1-2,13-14,17H2,(H,28,35). The molecule has 0 aliphatic carbocycles. The van der Waals surface area contributed by atoms with Crippen molar-refractivity contribution in [3.63, 3.8) is 0 Å². The van der Waals surface area contributed by atoms with Crippen molar-refractivity contribution in [2.45, 2.75) is 19.4 Å². The topological polar surface area (TPSA) is 93.0 Å². The Hall–Kier alpha value is -4.40. The highest BCUT2D eigenvalue weighted by atomic mass is 19.1. The predicted molar refractivity (Wildman–Crippen MR) is 131 cm³/mol. The van der Waals surface area contributed by atoms with E-state index in [2.05, 4.69) is 25.5 Å². The molecule has 0 spiro atoms. The average Bonchev–Trinajstić information content (AvgIpc) is 3.41. The lowest BCUT2D eigenvalue weighted by molar-refractivity contribution is 0.102. The minimum atomic E-state index is -0.467. The molecule has 35 heavy (non-hydrogen) atoms. The second-order valence-corrected chi connectivity index (χ2v) is 8.35. The van der Waals surface area contributed by atoms with Gasteiger partial charge >= 0.3 is 0 Å². The van der Waals surface area contributed by atoms with Gasteiger partial charge in [-0.15, -0.1) is 10.2 Å². The van der Waals surface area contributed by atoms with E-state index in [0.29, 0.717) is 16.9 Å². The third-order valence-electron chi connectivity index (χ3n) is 5.82. The molecule has 176 valence electrons. The zero-order valence-corrected chi connectivity index (χ0v) is 18.9. The fourth-order valence-corrected chi connectivity index (χ4v) is 4.04. The van der Waals surface area contributed by atoms with E-state index in [9.17, 15) is 14.0 Å². The minimum absolute atomic E-state index is 0.0549. The number of halogens is 1. The van der Waals surface area contributed by atoms with Crippen molar-refractivity contribution in [3.8, 4) is 11.3 Å². The predicted octanol–water partition coefficient (Wildman–Crippen LogP) is 3.74. The Morgan fingerprint density at radius 1 is 0.943 bits per heavy atom. The van der Waals surface area contributed by atoms with E-state index in [1.54, 1.807) is 24.3 Å². The average molecular weight is 471 g/mol. The highest BCUT2D eigenvalue weighted by Crippen LogP contribution is 2.23. The zero-order chi connectivity index (χ0) is 24.2. The molecule has 0 unspecified atom stereocenters. The summed E-state index contributed by atoms with van der Waals surface area (Å²) in [5.74, 6) is 0.000424. The van der Waals surface area contributed by atoms with Crippen LogP contribution in [0.1, 0.15) is 28.9 Å². The van der Waals surface area contributed by atoms with Crippen LogP contribution in [-0.2, 0) is 6.54 Å². The molecule has 8 nitrogen and oxygen atoms in total. The Labute approximate surface area is 201 Å². The number of hydrogen-bond acceptors (Lipinski definition) is 6. The molecule has 1 N–H and O–H groups in total. The number of rotatable bonds is 6. The molecule has 0 bridgehead atoms. The minimum Gasteiger partial charge on any atom is -0.355 e. The second kappa shape index (κ2) is 9.84. The van der Waals surface area contributed by atoms with Crippen molar-refractivity contribution in [2.24, 2.45) is 0 Å². The van der Waals surface area contributed by atoms with Gasteiger partial charge in [0.2, 0.25) is 0 Å². The maximum atomic E-state index is 13.5. The van der Waals surface area contributed by atoms with Gasteiger partial charge in [-0.1, -0.05) is 24.3 Å². The maximum Gasteiger partial charge on any atom is 0.276 e. The number of carbonyl (C=O) groups is 1. The molecule has 0 saturated carbocycles. The van der Waals surface area contributed by atoms with Crippen molar-refractivity contribution in [2.75, 3.05) is 23.3 Å². The first kappa shape index (κ1) is 22.4. The fourth-order valence-electron chi connectivity index (χ4n) is 4.04. The monoisotopic (exact) mass is 470 g/mol. The van der Waals surface area contributed by atoms with Crippen LogP contribution in [0.5, 0.6) is 0 Å². The lowest BCUT2D eigenvalue weighted by atomic mass is 10.1. The molecule has 1 saturated heterocycles. The Kier molecular flexibility index (Phi) is 6.30. The van der Waals surface area contributed by atoms with Gasteiger partial charge in [0, 0.05) is 30.4 Å². The normalized spacial score (nSPS) is 13.1. The molecule has 0 radical (unpaired) electrons. The van der Waals surface area contributed by atoms with Crippen molar-refractivity contribution < 1.29 is 9.18 Å². The van der Waals surface area contributed by atoms with Crippen LogP contribution in [0.4, 0.5) is 15.9 Å². The highest BCUT2D eigenvalue weighted by Gasteiger charge is 2.15. The molecule has 1 aliphatic heterocycles. The van der Waals surface area contributed by atoms with Gasteiger partial charge in [-0.05, 0) is 60.9 Å². The smallest absolute Gasteiger partial charge is 0.276 e. The number of hydrogen-bond donors (Lipinski definition) is 1. The van der Waals surface area contributed by atoms with Crippen LogP contribution in [0.15, 0.2) is 77.6 Å². The van der Waals surface area contributed by atoms with Crippen molar-refractivity contribution >= 4 is 17.4 Å². The number of amides is 1.